The van der Waals surface area contributed by atoms with Crippen molar-refractivity contribution >= 4 is 22.7 Å². The SMILES string of the molecule is C.Cc1sc(C)c2c1OCC(CO)O2.Cc1sc(C)c2c1OCC(O)CO2. The summed E-state index contributed by atoms with van der Waals surface area (Å²) >= 11 is 3.33. The summed E-state index contributed by atoms with van der Waals surface area (Å²) in [5, 5.41) is 18.2. The van der Waals surface area contributed by atoms with Crippen molar-refractivity contribution in [2.24, 2.45) is 0 Å². The summed E-state index contributed by atoms with van der Waals surface area (Å²) in [7, 11) is 0. The highest BCUT2D eigenvalue weighted by atomic mass is 32.1. The molecule has 0 aliphatic carbocycles. The van der Waals surface area contributed by atoms with Crippen LogP contribution in [0.3, 0.4) is 0 Å². The smallest absolute Gasteiger partial charge is 0.175 e. The molecule has 2 aromatic heterocycles. The molecule has 0 radical (unpaired) electrons. The molecule has 0 amide bonds. The second-order valence-corrected chi connectivity index (χ2v) is 9.11. The van der Waals surface area contributed by atoms with Gasteiger partial charge in [-0.25, -0.2) is 0 Å². The van der Waals surface area contributed by atoms with E-state index in [-0.39, 0.29) is 20.1 Å². The van der Waals surface area contributed by atoms with Crippen molar-refractivity contribution in [3.8, 4) is 23.0 Å². The topological polar surface area (TPSA) is 77.4 Å². The van der Waals surface area contributed by atoms with Gasteiger partial charge in [0.05, 0.1) is 6.61 Å². The maximum absolute atomic E-state index is 9.31. The predicted octanol–water partition coefficient (Wildman–Crippen LogP) is 3.63. The van der Waals surface area contributed by atoms with Crippen LogP contribution in [0.15, 0.2) is 0 Å². The van der Waals surface area contributed by atoms with Crippen molar-refractivity contribution < 1.29 is 29.2 Å². The van der Waals surface area contributed by atoms with Crippen molar-refractivity contribution in [3.05, 3.63) is 19.5 Å². The van der Waals surface area contributed by atoms with Crippen molar-refractivity contribution in [2.75, 3.05) is 26.4 Å². The maximum Gasteiger partial charge on any atom is 0.175 e. The standard InChI is InChI=1S/2C9H12O3S.CH4/c1-5-8-9(6(2)13-5)12-4-7(10)3-11-8;1-5-8-9(6(2)13-5)12-7(3-10)4-11-8;/h2*7,10H,3-4H2,1-2H3;1H4. The van der Waals surface area contributed by atoms with Crippen LogP contribution in [-0.2, 0) is 0 Å². The molecule has 2 aliphatic heterocycles. The van der Waals surface area contributed by atoms with Crippen LogP contribution >= 0.6 is 22.7 Å². The molecule has 1 unspecified atom stereocenters. The predicted molar refractivity (Wildman–Crippen MR) is 108 cm³/mol. The number of ether oxygens (including phenoxy) is 4. The fraction of sp³-hybridized carbons (Fsp3) is 0.579. The highest BCUT2D eigenvalue weighted by Gasteiger charge is 2.25. The third-order valence-corrected chi connectivity index (χ3v) is 6.01. The van der Waals surface area contributed by atoms with E-state index in [1.54, 1.807) is 22.7 Å². The molecule has 0 saturated carbocycles. The third kappa shape index (κ3) is 4.68. The quantitative estimate of drug-likeness (QED) is 0.739. The Morgan fingerprint density at radius 1 is 0.778 bits per heavy atom. The lowest BCUT2D eigenvalue weighted by Gasteiger charge is -2.23. The van der Waals surface area contributed by atoms with Gasteiger partial charge in [-0.15, -0.1) is 22.7 Å². The molecule has 152 valence electrons. The Morgan fingerprint density at radius 2 is 1.19 bits per heavy atom. The Morgan fingerprint density at radius 3 is 1.67 bits per heavy atom. The number of hydrogen-bond donors (Lipinski definition) is 2. The van der Waals surface area contributed by atoms with E-state index < -0.39 is 6.10 Å². The molecule has 6 nitrogen and oxygen atoms in total. The molecule has 0 saturated heterocycles. The first-order chi connectivity index (χ1) is 12.4. The molecule has 0 bridgehead atoms. The number of aryl methyl sites for hydroxylation is 4. The molecule has 1 atom stereocenters. The first kappa shape index (κ1) is 21.8. The van der Waals surface area contributed by atoms with Crippen molar-refractivity contribution in [1.82, 2.24) is 0 Å². The van der Waals surface area contributed by atoms with Crippen LogP contribution in [0.25, 0.3) is 0 Å². The monoisotopic (exact) mass is 416 g/mol. The number of thiophene rings is 2. The van der Waals surface area contributed by atoms with E-state index in [1.807, 2.05) is 27.7 Å². The zero-order valence-electron chi connectivity index (χ0n) is 15.3. The van der Waals surface area contributed by atoms with Gasteiger partial charge >= 0.3 is 0 Å². The molecule has 2 N–H and O–H groups in total. The highest BCUT2D eigenvalue weighted by Crippen LogP contribution is 2.44. The largest absolute Gasteiger partial charge is 0.486 e. The number of fused-ring (bicyclic) bond motifs is 2. The van der Waals surface area contributed by atoms with Crippen molar-refractivity contribution in [1.29, 1.82) is 0 Å². The lowest BCUT2D eigenvalue weighted by Crippen LogP contribution is -2.32. The lowest BCUT2D eigenvalue weighted by molar-refractivity contribution is 0.0457. The summed E-state index contributed by atoms with van der Waals surface area (Å²) < 4.78 is 22.0. The number of aliphatic hydroxyl groups is 2. The van der Waals surface area contributed by atoms with E-state index in [4.69, 9.17) is 24.1 Å². The van der Waals surface area contributed by atoms with Gasteiger partial charge in [-0.2, -0.15) is 0 Å². The minimum Gasteiger partial charge on any atom is -0.486 e. The Kier molecular flexibility index (Phi) is 7.39. The molecule has 0 spiro atoms. The van der Waals surface area contributed by atoms with Gasteiger partial charge in [0.1, 0.15) is 25.9 Å². The Balaban J connectivity index is 0.000000187. The zero-order valence-corrected chi connectivity index (χ0v) is 17.0. The van der Waals surface area contributed by atoms with Crippen molar-refractivity contribution in [3.63, 3.8) is 0 Å². The first-order valence-electron chi connectivity index (χ1n) is 8.44. The van der Waals surface area contributed by atoms with Crippen molar-refractivity contribution in [2.45, 2.75) is 47.3 Å². The van der Waals surface area contributed by atoms with Crippen LogP contribution in [-0.4, -0.2) is 48.8 Å². The van der Waals surface area contributed by atoms with Gasteiger partial charge in [0, 0.05) is 19.5 Å². The number of hydrogen-bond acceptors (Lipinski definition) is 8. The van der Waals surface area contributed by atoms with E-state index in [1.165, 1.54) is 0 Å². The van der Waals surface area contributed by atoms with Crippen LogP contribution in [0.1, 0.15) is 26.9 Å². The Bertz CT molecular complexity index is 722. The Hall–Kier alpha value is -1.48. The molecule has 4 rings (SSSR count). The molecule has 2 aliphatic rings. The van der Waals surface area contributed by atoms with Gasteiger partial charge in [0.25, 0.3) is 0 Å². The van der Waals surface area contributed by atoms with Gasteiger partial charge in [0.15, 0.2) is 29.1 Å². The fourth-order valence-electron chi connectivity index (χ4n) is 2.80. The summed E-state index contributed by atoms with van der Waals surface area (Å²) in [6.07, 6.45) is -0.726. The van der Waals surface area contributed by atoms with Gasteiger partial charge < -0.3 is 29.2 Å². The molecule has 2 aromatic rings. The third-order valence-electron chi connectivity index (χ3n) is 4.05. The summed E-state index contributed by atoms with van der Waals surface area (Å²) in [4.78, 5) is 4.48. The average Bonchev–Trinajstić information content (AvgIpc) is 2.95. The minimum atomic E-state index is -0.517. The molecule has 4 heterocycles. The summed E-state index contributed by atoms with van der Waals surface area (Å²) in [6.45, 7) is 9.11. The second-order valence-electron chi connectivity index (χ2n) is 6.25. The molecular formula is C19H28O6S2. The minimum absolute atomic E-state index is 0. The van der Waals surface area contributed by atoms with Gasteiger partial charge in [-0.3, -0.25) is 0 Å². The molecule has 0 aromatic carbocycles. The first-order valence-corrected chi connectivity index (χ1v) is 10.1. The molecule has 8 heteroatoms. The number of aliphatic hydroxyl groups excluding tert-OH is 2. The Labute approximate surface area is 168 Å². The summed E-state index contributed by atoms with van der Waals surface area (Å²) in [5.41, 5.74) is 0. The normalized spacial score (nSPS) is 18.1. The van der Waals surface area contributed by atoms with E-state index in [0.29, 0.717) is 19.8 Å². The van der Waals surface area contributed by atoms with Gasteiger partial charge in [-0.05, 0) is 27.7 Å². The summed E-state index contributed by atoms with van der Waals surface area (Å²) in [5.74, 6) is 3.28. The van der Waals surface area contributed by atoms with Gasteiger partial charge in [-0.1, -0.05) is 7.43 Å². The molecule has 27 heavy (non-hydrogen) atoms. The zero-order chi connectivity index (χ0) is 18.8. The van der Waals surface area contributed by atoms with Crippen LogP contribution in [0.4, 0.5) is 0 Å². The highest BCUT2D eigenvalue weighted by molar-refractivity contribution is 7.12. The lowest BCUT2D eigenvalue weighted by atomic mass is 10.3. The van der Waals surface area contributed by atoms with Crippen LogP contribution in [0.5, 0.6) is 23.0 Å². The summed E-state index contributed by atoms with van der Waals surface area (Å²) in [6, 6.07) is 0. The fourth-order valence-corrected chi connectivity index (χ4v) is 4.68. The average molecular weight is 417 g/mol. The van der Waals surface area contributed by atoms with E-state index >= 15 is 0 Å². The number of rotatable bonds is 1. The van der Waals surface area contributed by atoms with E-state index in [9.17, 15) is 5.11 Å². The van der Waals surface area contributed by atoms with Crippen LogP contribution < -0.4 is 18.9 Å². The van der Waals surface area contributed by atoms with Crippen LogP contribution in [0, 0.1) is 27.7 Å². The van der Waals surface area contributed by atoms with Crippen LogP contribution in [0.2, 0.25) is 0 Å². The van der Waals surface area contributed by atoms with Gasteiger partial charge in [0.2, 0.25) is 0 Å². The van der Waals surface area contributed by atoms with E-state index in [0.717, 1.165) is 42.5 Å². The second kappa shape index (κ2) is 9.14. The molecular weight excluding hydrogens is 388 g/mol. The molecule has 0 fully saturated rings. The van der Waals surface area contributed by atoms with E-state index in [2.05, 4.69) is 0 Å². The maximum atomic E-state index is 9.31.